The van der Waals surface area contributed by atoms with E-state index in [0.29, 0.717) is 0 Å². The molecule has 0 aromatic carbocycles. The molecule has 1 amide bonds. The van der Waals surface area contributed by atoms with Gasteiger partial charge in [-0.05, 0) is 26.8 Å². The van der Waals surface area contributed by atoms with Crippen LogP contribution in [0, 0.1) is 0 Å². The van der Waals surface area contributed by atoms with E-state index in [9.17, 15) is 4.79 Å². The highest BCUT2D eigenvalue weighted by Crippen LogP contribution is 2.26. The van der Waals surface area contributed by atoms with E-state index in [0.717, 1.165) is 30.2 Å². The van der Waals surface area contributed by atoms with Gasteiger partial charge >= 0.3 is 6.09 Å². The lowest BCUT2D eigenvalue weighted by Crippen LogP contribution is -2.60. The minimum atomic E-state index is -0.485. The maximum Gasteiger partial charge on any atom is 0.410 e. The molecule has 2 aromatic heterocycles. The van der Waals surface area contributed by atoms with Crippen molar-refractivity contribution in [3.8, 4) is 11.3 Å². The van der Waals surface area contributed by atoms with E-state index in [1.807, 2.05) is 32.9 Å². The van der Waals surface area contributed by atoms with Gasteiger partial charge in [-0.15, -0.1) is 0 Å². The Labute approximate surface area is 141 Å². The van der Waals surface area contributed by atoms with Gasteiger partial charge < -0.3 is 19.0 Å². The molecule has 2 aromatic rings. The summed E-state index contributed by atoms with van der Waals surface area (Å²) in [4.78, 5) is 24.4. The average Bonchev–Trinajstić information content (AvgIpc) is 2.98. The molecule has 0 atom stereocenters. The first-order valence-electron chi connectivity index (χ1n) is 7.89. The van der Waals surface area contributed by atoms with Gasteiger partial charge in [0.1, 0.15) is 17.7 Å². The third-order valence-electron chi connectivity index (χ3n) is 3.89. The van der Waals surface area contributed by atoms with Gasteiger partial charge in [-0.1, -0.05) is 0 Å². The summed E-state index contributed by atoms with van der Waals surface area (Å²) in [5.41, 5.74) is 1.25. The monoisotopic (exact) mass is 330 g/mol. The van der Waals surface area contributed by atoms with Gasteiger partial charge in [0, 0.05) is 31.8 Å². The molecule has 0 saturated carbocycles. The first-order valence-corrected chi connectivity index (χ1v) is 7.89. The van der Waals surface area contributed by atoms with Crippen molar-refractivity contribution < 1.29 is 13.9 Å². The van der Waals surface area contributed by atoms with Crippen molar-refractivity contribution in [2.45, 2.75) is 32.4 Å². The van der Waals surface area contributed by atoms with Crippen molar-refractivity contribution in [1.29, 1.82) is 0 Å². The summed E-state index contributed by atoms with van der Waals surface area (Å²) in [6.07, 6.45) is 4.52. The summed E-state index contributed by atoms with van der Waals surface area (Å²) < 4.78 is 10.5. The summed E-state index contributed by atoms with van der Waals surface area (Å²) in [6, 6.07) is 3.91. The van der Waals surface area contributed by atoms with E-state index >= 15 is 0 Å². The van der Waals surface area contributed by atoms with Crippen LogP contribution in [-0.2, 0) is 4.74 Å². The van der Waals surface area contributed by atoms with Crippen LogP contribution in [0.5, 0.6) is 0 Å². The predicted octanol–water partition coefficient (Wildman–Crippen LogP) is 2.79. The van der Waals surface area contributed by atoms with Gasteiger partial charge in [0.05, 0.1) is 24.3 Å². The quantitative estimate of drug-likeness (QED) is 0.862. The minimum absolute atomic E-state index is 0.118. The number of anilines is 1. The molecule has 3 rings (SSSR count). The second-order valence-corrected chi connectivity index (χ2v) is 6.92. The molecule has 0 unspecified atom stereocenters. The second-order valence-electron chi connectivity index (χ2n) is 6.92. The highest BCUT2D eigenvalue weighted by atomic mass is 16.6. The van der Waals surface area contributed by atoms with E-state index in [-0.39, 0.29) is 12.1 Å². The Morgan fingerprint density at radius 1 is 1.38 bits per heavy atom. The molecule has 7 heteroatoms. The van der Waals surface area contributed by atoms with Gasteiger partial charge in [0.25, 0.3) is 0 Å². The van der Waals surface area contributed by atoms with Crippen molar-refractivity contribution in [2.24, 2.45) is 0 Å². The SMILES string of the molecule is CN(C(=O)OC(C)(C)C)C1CN(c2cc(-c3ccoc3)ncn2)C1. The largest absolute Gasteiger partial charge is 0.472 e. The fourth-order valence-electron chi connectivity index (χ4n) is 2.46. The number of hydrogen-bond donors (Lipinski definition) is 0. The number of likely N-dealkylation sites (N-methyl/N-ethyl adjacent to an activating group) is 1. The van der Waals surface area contributed by atoms with E-state index < -0.39 is 5.60 Å². The Morgan fingerprint density at radius 3 is 2.75 bits per heavy atom. The standard InChI is InChI=1S/C17H22N4O3/c1-17(2,3)24-16(22)20(4)13-8-21(9-13)15-7-14(18-11-19-15)12-5-6-23-10-12/h5-7,10-11,13H,8-9H2,1-4H3. The van der Waals surface area contributed by atoms with Crippen LogP contribution >= 0.6 is 0 Å². The maximum absolute atomic E-state index is 12.1. The van der Waals surface area contributed by atoms with Gasteiger partial charge in [0.15, 0.2) is 0 Å². The highest BCUT2D eigenvalue weighted by molar-refractivity contribution is 5.69. The zero-order valence-corrected chi connectivity index (χ0v) is 14.4. The fourth-order valence-corrected chi connectivity index (χ4v) is 2.46. The van der Waals surface area contributed by atoms with Crippen LogP contribution in [0.4, 0.5) is 10.6 Å². The third-order valence-corrected chi connectivity index (χ3v) is 3.89. The molecule has 1 saturated heterocycles. The van der Waals surface area contributed by atoms with Crippen LogP contribution in [0.2, 0.25) is 0 Å². The lowest BCUT2D eigenvalue weighted by atomic mass is 10.1. The van der Waals surface area contributed by atoms with Crippen LogP contribution in [0.25, 0.3) is 11.3 Å². The average molecular weight is 330 g/mol. The van der Waals surface area contributed by atoms with E-state index in [2.05, 4.69) is 14.9 Å². The summed E-state index contributed by atoms with van der Waals surface area (Å²) in [7, 11) is 1.77. The zero-order chi connectivity index (χ0) is 17.3. The first-order chi connectivity index (χ1) is 11.3. The number of carbonyl (C=O) groups is 1. The molecular formula is C17H22N4O3. The predicted molar refractivity (Wildman–Crippen MR) is 89.7 cm³/mol. The lowest BCUT2D eigenvalue weighted by molar-refractivity contribution is 0.0196. The van der Waals surface area contributed by atoms with Crippen LogP contribution in [-0.4, -0.2) is 52.7 Å². The third kappa shape index (κ3) is 3.50. The molecule has 1 aliphatic heterocycles. The topological polar surface area (TPSA) is 71.7 Å². The number of nitrogens with zero attached hydrogens (tertiary/aromatic N) is 4. The first kappa shape index (κ1) is 16.3. The van der Waals surface area contributed by atoms with Gasteiger partial charge in [0.2, 0.25) is 0 Å². The molecule has 0 spiro atoms. The molecule has 24 heavy (non-hydrogen) atoms. The van der Waals surface area contributed by atoms with E-state index in [4.69, 9.17) is 9.15 Å². The number of hydrogen-bond acceptors (Lipinski definition) is 6. The van der Waals surface area contributed by atoms with Gasteiger partial charge in [-0.3, -0.25) is 0 Å². The Balaban J connectivity index is 1.61. The van der Waals surface area contributed by atoms with Gasteiger partial charge in [-0.2, -0.15) is 0 Å². The number of rotatable bonds is 3. The van der Waals surface area contributed by atoms with Crippen LogP contribution in [0.1, 0.15) is 20.8 Å². The molecule has 128 valence electrons. The Morgan fingerprint density at radius 2 is 2.12 bits per heavy atom. The maximum atomic E-state index is 12.1. The molecule has 0 radical (unpaired) electrons. The molecule has 7 nitrogen and oxygen atoms in total. The van der Waals surface area contributed by atoms with Crippen molar-refractivity contribution in [3.05, 3.63) is 31.0 Å². The number of aromatic nitrogens is 2. The van der Waals surface area contributed by atoms with Gasteiger partial charge in [-0.25, -0.2) is 14.8 Å². The number of carbonyl (C=O) groups excluding carboxylic acids is 1. The van der Waals surface area contributed by atoms with Crippen LogP contribution in [0.15, 0.2) is 35.4 Å². The summed E-state index contributed by atoms with van der Waals surface area (Å²) >= 11 is 0. The number of furan rings is 1. The van der Waals surface area contributed by atoms with Crippen molar-refractivity contribution >= 4 is 11.9 Å². The second kappa shape index (κ2) is 6.14. The number of amides is 1. The van der Waals surface area contributed by atoms with Crippen LogP contribution < -0.4 is 4.90 Å². The van der Waals surface area contributed by atoms with Crippen LogP contribution in [0.3, 0.4) is 0 Å². The molecule has 0 bridgehead atoms. The molecule has 1 fully saturated rings. The van der Waals surface area contributed by atoms with E-state index in [1.54, 1.807) is 30.8 Å². The molecular weight excluding hydrogens is 308 g/mol. The molecule has 1 aliphatic rings. The molecule has 0 N–H and O–H groups in total. The summed E-state index contributed by atoms with van der Waals surface area (Å²) in [5, 5.41) is 0. The van der Waals surface area contributed by atoms with Crippen molar-refractivity contribution in [2.75, 3.05) is 25.0 Å². The van der Waals surface area contributed by atoms with E-state index in [1.165, 1.54) is 0 Å². The fraction of sp³-hybridized carbons (Fsp3) is 0.471. The Bertz CT molecular complexity index is 703. The Kier molecular flexibility index (Phi) is 4.17. The smallest absolute Gasteiger partial charge is 0.410 e. The minimum Gasteiger partial charge on any atom is -0.472 e. The lowest BCUT2D eigenvalue weighted by Gasteiger charge is -2.44. The summed E-state index contributed by atoms with van der Waals surface area (Å²) in [6.45, 7) is 7.04. The summed E-state index contributed by atoms with van der Waals surface area (Å²) in [5.74, 6) is 0.843. The molecule has 0 aliphatic carbocycles. The molecule has 3 heterocycles. The van der Waals surface area contributed by atoms with Crippen molar-refractivity contribution in [3.63, 3.8) is 0 Å². The number of ether oxygens (including phenoxy) is 1. The normalized spacial score (nSPS) is 15.1. The Hall–Kier alpha value is -2.57. The highest BCUT2D eigenvalue weighted by Gasteiger charge is 2.35. The van der Waals surface area contributed by atoms with Crippen molar-refractivity contribution in [1.82, 2.24) is 14.9 Å². The zero-order valence-electron chi connectivity index (χ0n) is 14.4.